The van der Waals surface area contributed by atoms with Crippen LogP contribution in [0.25, 0.3) is 0 Å². The summed E-state index contributed by atoms with van der Waals surface area (Å²) in [4.78, 5) is 13.8. The van der Waals surface area contributed by atoms with Crippen LogP contribution in [0.4, 0.5) is 5.82 Å². The van der Waals surface area contributed by atoms with Gasteiger partial charge in [-0.25, -0.2) is 0 Å². The van der Waals surface area contributed by atoms with Crippen LogP contribution >= 0.6 is 0 Å². The number of nitrogens with zero attached hydrogens (tertiary/aromatic N) is 3. The van der Waals surface area contributed by atoms with Crippen molar-refractivity contribution in [3.8, 4) is 0 Å². The van der Waals surface area contributed by atoms with Crippen molar-refractivity contribution in [3.05, 3.63) is 17.8 Å². The van der Waals surface area contributed by atoms with Crippen LogP contribution in [0.3, 0.4) is 0 Å². The predicted molar refractivity (Wildman–Crippen MR) is 78.6 cm³/mol. The molecular weight excluding hydrogens is 254 g/mol. The van der Waals surface area contributed by atoms with Crippen LogP contribution in [0.1, 0.15) is 30.8 Å². The minimum absolute atomic E-state index is 0.182. The van der Waals surface area contributed by atoms with Crippen LogP contribution in [0.2, 0.25) is 0 Å². The van der Waals surface area contributed by atoms with Gasteiger partial charge in [0.2, 0.25) is 0 Å². The van der Waals surface area contributed by atoms with Crippen molar-refractivity contribution >= 4 is 11.7 Å². The molecule has 2 atom stereocenters. The van der Waals surface area contributed by atoms with E-state index in [-0.39, 0.29) is 5.91 Å². The van der Waals surface area contributed by atoms with Crippen molar-refractivity contribution < 1.29 is 4.79 Å². The zero-order chi connectivity index (χ0) is 14.5. The number of rotatable bonds is 4. The highest BCUT2D eigenvalue weighted by Crippen LogP contribution is 2.25. The second kappa shape index (κ2) is 6.65. The maximum Gasteiger partial charge on any atom is 0.271 e. The Bertz CT molecular complexity index is 447. The van der Waals surface area contributed by atoms with E-state index in [1.54, 1.807) is 6.07 Å². The summed E-state index contributed by atoms with van der Waals surface area (Å²) in [5.41, 5.74) is 6.17. The first kappa shape index (κ1) is 14.7. The molecule has 0 spiro atoms. The van der Waals surface area contributed by atoms with Crippen molar-refractivity contribution in [1.82, 2.24) is 15.5 Å². The summed E-state index contributed by atoms with van der Waals surface area (Å²) in [6.07, 6.45) is 1.11. The highest BCUT2D eigenvalue weighted by Gasteiger charge is 2.26. The molecule has 0 aromatic carbocycles. The minimum atomic E-state index is -0.182. The van der Waals surface area contributed by atoms with E-state index in [1.165, 1.54) is 0 Å². The third kappa shape index (κ3) is 3.25. The van der Waals surface area contributed by atoms with E-state index < -0.39 is 0 Å². The van der Waals surface area contributed by atoms with E-state index >= 15 is 0 Å². The lowest BCUT2D eigenvalue weighted by Crippen LogP contribution is -2.43. The standard InChI is InChI=1S/C14H23N5O/c1-3-16-14(20)12-4-5-13(18-17-12)19-7-6-10(2)11(8-15)9-19/h4-5,10-11H,3,6-9,15H2,1-2H3,(H,16,20). The van der Waals surface area contributed by atoms with Crippen LogP contribution in [0.15, 0.2) is 12.1 Å². The van der Waals surface area contributed by atoms with Crippen molar-refractivity contribution in [2.24, 2.45) is 17.6 Å². The van der Waals surface area contributed by atoms with Gasteiger partial charge in [0.05, 0.1) is 0 Å². The lowest BCUT2D eigenvalue weighted by atomic mass is 9.87. The van der Waals surface area contributed by atoms with Crippen molar-refractivity contribution in [1.29, 1.82) is 0 Å². The topological polar surface area (TPSA) is 84.1 Å². The Morgan fingerprint density at radius 3 is 2.90 bits per heavy atom. The van der Waals surface area contributed by atoms with E-state index in [2.05, 4.69) is 27.3 Å². The molecule has 1 aromatic heterocycles. The first-order valence-electron chi connectivity index (χ1n) is 7.22. The number of hydrogen-bond donors (Lipinski definition) is 2. The molecule has 20 heavy (non-hydrogen) atoms. The number of anilines is 1. The number of piperidine rings is 1. The van der Waals surface area contributed by atoms with E-state index in [0.717, 1.165) is 25.3 Å². The molecule has 2 rings (SSSR count). The zero-order valence-corrected chi connectivity index (χ0v) is 12.2. The molecule has 2 unspecified atom stereocenters. The number of hydrogen-bond acceptors (Lipinski definition) is 5. The van der Waals surface area contributed by atoms with E-state index in [0.29, 0.717) is 30.6 Å². The molecule has 2 heterocycles. The molecule has 0 bridgehead atoms. The number of carbonyl (C=O) groups is 1. The SMILES string of the molecule is CCNC(=O)c1ccc(N2CCC(C)C(CN)C2)nn1. The molecule has 1 aliphatic rings. The predicted octanol–water partition coefficient (Wildman–Crippen LogP) is 0.647. The largest absolute Gasteiger partial charge is 0.355 e. The van der Waals surface area contributed by atoms with Gasteiger partial charge in [0.25, 0.3) is 5.91 Å². The first-order valence-corrected chi connectivity index (χ1v) is 7.22. The fraction of sp³-hybridized carbons (Fsp3) is 0.643. The number of aromatic nitrogens is 2. The monoisotopic (exact) mass is 277 g/mol. The molecule has 110 valence electrons. The summed E-state index contributed by atoms with van der Waals surface area (Å²) < 4.78 is 0. The van der Waals surface area contributed by atoms with Crippen LogP contribution in [-0.4, -0.2) is 42.3 Å². The summed E-state index contributed by atoms with van der Waals surface area (Å²) >= 11 is 0. The first-order chi connectivity index (χ1) is 9.65. The maximum atomic E-state index is 11.6. The second-order valence-corrected chi connectivity index (χ2v) is 5.34. The Hall–Kier alpha value is -1.69. The van der Waals surface area contributed by atoms with Crippen molar-refractivity contribution in [3.63, 3.8) is 0 Å². The van der Waals surface area contributed by atoms with Gasteiger partial charge in [-0.3, -0.25) is 4.79 Å². The van der Waals surface area contributed by atoms with Gasteiger partial charge >= 0.3 is 0 Å². The third-order valence-corrected chi connectivity index (χ3v) is 3.96. The highest BCUT2D eigenvalue weighted by molar-refractivity contribution is 5.92. The van der Waals surface area contributed by atoms with Crippen LogP contribution in [0.5, 0.6) is 0 Å². The number of nitrogens with two attached hydrogens (primary N) is 1. The lowest BCUT2D eigenvalue weighted by molar-refractivity contribution is 0.0950. The van der Waals surface area contributed by atoms with Crippen molar-refractivity contribution in [2.45, 2.75) is 20.3 Å². The van der Waals surface area contributed by atoms with Crippen LogP contribution < -0.4 is 16.0 Å². The Kier molecular flexibility index (Phi) is 4.89. The maximum absolute atomic E-state index is 11.6. The van der Waals surface area contributed by atoms with Crippen molar-refractivity contribution in [2.75, 3.05) is 31.1 Å². The summed E-state index contributed by atoms with van der Waals surface area (Å²) in [7, 11) is 0. The molecular formula is C14H23N5O. The smallest absolute Gasteiger partial charge is 0.271 e. The van der Waals surface area contributed by atoms with Gasteiger partial charge in [0, 0.05) is 19.6 Å². The van der Waals surface area contributed by atoms with E-state index in [9.17, 15) is 4.79 Å². The number of amides is 1. The fourth-order valence-corrected chi connectivity index (χ4v) is 2.53. The van der Waals surface area contributed by atoms with Gasteiger partial charge in [0.15, 0.2) is 11.5 Å². The average Bonchev–Trinajstić information content (AvgIpc) is 2.48. The van der Waals surface area contributed by atoms with Crippen LogP contribution in [0, 0.1) is 11.8 Å². The Morgan fingerprint density at radius 2 is 2.30 bits per heavy atom. The van der Waals surface area contributed by atoms with Gasteiger partial charge in [0.1, 0.15) is 0 Å². The molecule has 0 radical (unpaired) electrons. The Labute approximate surface area is 119 Å². The van der Waals surface area contributed by atoms with Gasteiger partial charge in [-0.1, -0.05) is 6.92 Å². The molecule has 1 saturated heterocycles. The molecule has 6 heteroatoms. The number of carbonyl (C=O) groups excluding carboxylic acids is 1. The highest BCUT2D eigenvalue weighted by atomic mass is 16.1. The molecule has 1 amide bonds. The van der Waals surface area contributed by atoms with Gasteiger partial charge in [-0.15, -0.1) is 10.2 Å². The van der Waals surface area contributed by atoms with E-state index in [4.69, 9.17) is 5.73 Å². The van der Waals surface area contributed by atoms with Gasteiger partial charge < -0.3 is 16.0 Å². The number of nitrogens with one attached hydrogen (secondary N) is 1. The Balaban J connectivity index is 2.04. The normalized spacial score (nSPS) is 22.6. The quantitative estimate of drug-likeness (QED) is 0.844. The second-order valence-electron chi connectivity index (χ2n) is 5.34. The third-order valence-electron chi connectivity index (χ3n) is 3.96. The molecule has 3 N–H and O–H groups in total. The summed E-state index contributed by atoms with van der Waals surface area (Å²) in [5, 5.41) is 10.9. The molecule has 0 saturated carbocycles. The minimum Gasteiger partial charge on any atom is -0.355 e. The van der Waals surface area contributed by atoms with Crippen LogP contribution in [-0.2, 0) is 0 Å². The average molecular weight is 277 g/mol. The van der Waals surface area contributed by atoms with E-state index in [1.807, 2.05) is 13.0 Å². The molecule has 1 aliphatic heterocycles. The zero-order valence-electron chi connectivity index (χ0n) is 12.2. The summed E-state index contributed by atoms with van der Waals surface area (Å²) in [6.45, 7) is 7.28. The van der Waals surface area contributed by atoms with Gasteiger partial charge in [-0.2, -0.15) is 0 Å². The Morgan fingerprint density at radius 1 is 1.50 bits per heavy atom. The summed E-state index contributed by atoms with van der Waals surface area (Å²) in [5.74, 6) is 1.79. The molecule has 1 aromatic rings. The lowest BCUT2D eigenvalue weighted by Gasteiger charge is -2.37. The molecule has 0 aliphatic carbocycles. The fourth-order valence-electron chi connectivity index (χ4n) is 2.53. The molecule has 1 fully saturated rings. The molecule has 6 nitrogen and oxygen atoms in total. The van der Waals surface area contributed by atoms with Gasteiger partial charge in [-0.05, 0) is 43.9 Å². The summed E-state index contributed by atoms with van der Waals surface area (Å²) in [6, 6.07) is 3.59.